The van der Waals surface area contributed by atoms with Gasteiger partial charge in [-0.2, -0.15) is 0 Å². The average Bonchev–Trinajstić information content (AvgIpc) is 2.63. The molecule has 0 amide bonds. The van der Waals surface area contributed by atoms with Gasteiger partial charge in [0.15, 0.2) is 0 Å². The van der Waals surface area contributed by atoms with E-state index in [9.17, 15) is 4.21 Å². The van der Waals surface area contributed by atoms with Crippen LogP contribution in [-0.4, -0.2) is 41.8 Å². The molecule has 0 aromatic heterocycles. The van der Waals surface area contributed by atoms with Crippen molar-refractivity contribution in [3.05, 3.63) is 47.5 Å². The van der Waals surface area contributed by atoms with E-state index in [-0.39, 0.29) is 0 Å². The van der Waals surface area contributed by atoms with Crippen LogP contribution in [0.2, 0.25) is 0 Å². The molecule has 1 N–H and O–H groups in total. The first-order valence-corrected chi connectivity index (χ1v) is 11.1. The van der Waals surface area contributed by atoms with Gasteiger partial charge in [0.2, 0.25) is 0 Å². The fourth-order valence-corrected chi connectivity index (χ4v) is 3.92. The Morgan fingerprint density at radius 3 is 2.56 bits per heavy atom. The standard InChI is InChI=1S/C21H30N4OS/c1-7-23-27(6,26)19-11-9-10-18(14-19)24-21-13-16(3)20(12-17(21)4)22-15-25(5)8-2/h9-15,24H,7-8H2,1-6H3/b22-15+. The van der Waals surface area contributed by atoms with E-state index in [1.165, 1.54) is 0 Å². The summed E-state index contributed by atoms with van der Waals surface area (Å²) >= 11 is 0. The molecular formula is C21H30N4OS. The molecule has 27 heavy (non-hydrogen) atoms. The lowest BCUT2D eigenvalue weighted by Crippen LogP contribution is -2.14. The van der Waals surface area contributed by atoms with E-state index < -0.39 is 9.73 Å². The number of anilines is 2. The number of nitrogens with one attached hydrogen (secondary N) is 1. The maximum atomic E-state index is 12.7. The average molecular weight is 387 g/mol. The zero-order chi connectivity index (χ0) is 20.0. The van der Waals surface area contributed by atoms with Gasteiger partial charge in [0.05, 0.1) is 21.8 Å². The van der Waals surface area contributed by atoms with E-state index in [1.807, 2.05) is 49.5 Å². The van der Waals surface area contributed by atoms with Gasteiger partial charge in [-0.1, -0.05) is 6.07 Å². The van der Waals surface area contributed by atoms with Crippen LogP contribution in [0.5, 0.6) is 0 Å². The third-order valence-corrected chi connectivity index (χ3v) is 6.24. The van der Waals surface area contributed by atoms with Crippen molar-refractivity contribution < 1.29 is 4.21 Å². The van der Waals surface area contributed by atoms with Crippen LogP contribution in [-0.2, 0) is 9.73 Å². The van der Waals surface area contributed by atoms with Gasteiger partial charge in [-0.25, -0.2) is 13.6 Å². The Morgan fingerprint density at radius 2 is 1.89 bits per heavy atom. The maximum Gasteiger partial charge on any atom is 0.0909 e. The third kappa shape index (κ3) is 5.57. The van der Waals surface area contributed by atoms with Gasteiger partial charge < -0.3 is 10.2 Å². The van der Waals surface area contributed by atoms with E-state index in [1.54, 1.807) is 6.26 Å². The molecule has 2 rings (SSSR count). The lowest BCUT2D eigenvalue weighted by atomic mass is 10.1. The van der Waals surface area contributed by atoms with Crippen molar-refractivity contribution in [2.75, 3.05) is 31.7 Å². The molecule has 0 spiro atoms. The molecule has 0 aliphatic rings. The lowest BCUT2D eigenvalue weighted by molar-refractivity contribution is 0.552. The van der Waals surface area contributed by atoms with Gasteiger partial charge in [-0.3, -0.25) is 0 Å². The molecule has 0 saturated heterocycles. The summed E-state index contributed by atoms with van der Waals surface area (Å²) in [5.41, 5.74) is 5.08. The highest BCUT2D eigenvalue weighted by Crippen LogP contribution is 2.29. The topological polar surface area (TPSA) is 57.1 Å². The van der Waals surface area contributed by atoms with E-state index in [4.69, 9.17) is 0 Å². The van der Waals surface area contributed by atoms with Crippen LogP contribution < -0.4 is 5.32 Å². The molecule has 2 aromatic carbocycles. The molecule has 6 heteroatoms. The molecule has 0 fully saturated rings. The normalized spacial score (nSPS) is 13.4. The summed E-state index contributed by atoms with van der Waals surface area (Å²) in [4.78, 5) is 7.36. The monoisotopic (exact) mass is 386 g/mol. The summed E-state index contributed by atoms with van der Waals surface area (Å²) in [6.45, 7) is 9.57. The van der Waals surface area contributed by atoms with E-state index in [0.717, 1.165) is 39.6 Å². The summed E-state index contributed by atoms with van der Waals surface area (Å²) in [5.74, 6) is 0. The van der Waals surface area contributed by atoms with Crippen molar-refractivity contribution in [3.63, 3.8) is 0 Å². The first kappa shape index (κ1) is 21.0. The highest BCUT2D eigenvalue weighted by Gasteiger charge is 2.08. The van der Waals surface area contributed by atoms with Gasteiger partial charge in [-0.05, 0) is 69.2 Å². The Balaban J connectivity index is 2.31. The van der Waals surface area contributed by atoms with Crippen LogP contribution in [0.1, 0.15) is 25.0 Å². The minimum Gasteiger partial charge on any atom is -0.366 e. The van der Waals surface area contributed by atoms with Crippen LogP contribution >= 0.6 is 0 Å². The molecule has 0 saturated carbocycles. The number of hydrogen-bond donors (Lipinski definition) is 1. The quantitative estimate of drug-likeness (QED) is 0.530. The Bertz CT molecular complexity index is 943. The number of hydrogen-bond acceptors (Lipinski definition) is 4. The third-order valence-electron chi connectivity index (χ3n) is 4.36. The van der Waals surface area contributed by atoms with Crippen molar-refractivity contribution in [1.82, 2.24) is 4.90 Å². The molecule has 0 heterocycles. The SMILES string of the molecule is CCN=S(C)(=O)c1cccc(Nc2cc(C)c(/N=C/N(C)CC)cc2C)c1. The maximum absolute atomic E-state index is 12.7. The predicted molar refractivity (Wildman–Crippen MR) is 117 cm³/mol. The van der Waals surface area contributed by atoms with Crippen LogP contribution in [0, 0.1) is 13.8 Å². The minimum atomic E-state index is -2.36. The molecule has 0 aliphatic heterocycles. The van der Waals surface area contributed by atoms with Crippen molar-refractivity contribution in [3.8, 4) is 0 Å². The fourth-order valence-electron chi connectivity index (χ4n) is 2.60. The Labute approximate surface area is 163 Å². The number of benzene rings is 2. The van der Waals surface area contributed by atoms with Crippen LogP contribution in [0.25, 0.3) is 0 Å². The first-order chi connectivity index (χ1) is 12.8. The zero-order valence-electron chi connectivity index (χ0n) is 17.1. The highest BCUT2D eigenvalue weighted by molar-refractivity contribution is 7.93. The Morgan fingerprint density at radius 1 is 1.15 bits per heavy atom. The van der Waals surface area contributed by atoms with Gasteiger partial charge in [0.1, 0.15) is 0 Å². The Hall–Kier alpha value is -2.34. The van der Waals surface area contributed by atoms with Crippen molar-refractivity contribution in [2.24, 2.45) is 9.36 Å². The van der Waals surface area contributed by atoms with E-state index in [2.05, 4.69) is 47.6 Å². The molecule has 146 valence electrons. The van der Waals surface area contributed by atoms with Crippen LogP contribution in [0.4, 0.5) is 17.1 Å². The number of rotatable bonds is 7. The predicted octanol–water partition coefficient (Wildman–Crippen LogP) is 5.14. The van der Waals surface area contributed by atoms with Crippen molar-refractivity contribution in [2.45, 2.75) is 32.6 Å². The summed E-state index contributed by atoms with van der Waals surface area (Å²) in [7, 11) is -0.352. The zero-order valence-corrected chi connectivity index (χ0v) is 17.9. The van der Waals surface area contributed by atoms with E-state index in [0.29, 0.717) is 6.54 Å². The summed E-state index contributed by atoms with van der Waals surface area (Å²) in [5, 5.41) is 3.44. The first-order valence-electron chi connectivity index (χ1n) is 9.17. The molecule has 1 atom stereocenters. The summed E-state index contributed by atoms with van der Waals surface area (Å²) in [6.07, 6.45) is 3.54. The van der Waals surface area contributed by atoms with Gasteiger partial charge in [-0.15, -0.1) is 0 Å². The highest BCUT2D eigenvalue weighted by atomic mass is 32.2. The van der Waals surface area contributed by atoms with Gasteiger partial charge >= 0.3 is 0 Å². The summed E-state index contributed by atoms with van der Waals surface area (Å²) < 4.78 is 16.9. The number of aliphatic imine (C=N–C) groups is 1. The second kappa shape index (κ2) is 9.04. The molecule has 5 nitrogen and oxygen atoms in total. The van der Waals surface area contributed by atoms with Crippen molar-refractivity contribution >= 4 is 33.1 Å². The molecule has 1 unspecified atom stereocenters. The summed E-state index contributed by atoms with van der Waals surface area (Å²) in [6, 6.07) is 11.8. The molecule has 0 radical (unpaired) electrons. The largest absolute Gasteiger partial charge is 0.366 e. The van der Waals surface area contributed by atoms with Crippen LogP contribution in [0.15, 0.2) is 50.6 Å². The van der Waals surface area contributed by atoms with E-state index >= 15 is 0 Å². The second-order valence-electron chi connectivity index (χ2n) is 6.67. The van der Waals surface area contributed by atoms with Gasteiger partial charge in [0, 0.05) is 42.7 Å². The number of nitrogens with zero attached hydrogens (tertiary/aromatic N) is 3. The molecule has 2 aromatic rings. The van der Waals surface area contributed by atoms with Gasteiger partial charge in [0.25, 0.3) is 0 Å². The fraction of sp³-hybridized carbons (Fsp3) is 0.381. The molecule has 0 bridgehead atoms. The minimum absolute atomic E-state index is 0.542. The lowest BCUT2D eigenvalue weighted by Gasteiger charge is -2.14. The molecular weight excluding hydrogens is 356 g/mol. The Kier molecular flexibility index (Phi) is 7.02. The van der Waals surface area contributed by atoms with Crippen LogP contribution in [0.3, 0.4) is 0 Å². The molecule has 0 aliphatic carbocycles. The number of aryl methyl sites for hydroxylation is 2. The smallest absolute Gasteiger partial charge is 0.0909 e. The van der Waals surface area contributed by atoms with Crippen molar-refractivity contribution in [1.29, 1.82) is 0 Å². The second-order valence-corrected chi connectivity index (χ2v) is 9.01.